The molecule has 4 rings (SSSR count). The molecule has 0 unspecified atom stereocenters. The molecule has 1 heterocycles. The zero-order chi connectivity index (χ0) is 18.8. The van der Waals surface area contributed by atoms with E-state index in [2.05, 4.69) is 5.16 Å². The van der Waals surface area contributed by atoms with E-state index >= 15 is 0 Å². The lowest BCUT2D eigenvalue weighted by Crippen LogP contribution is -2.38. The molecule has 0 N–H and O–H groups in total. The Bertz CT molecular complexity index is 847. The van der Waals surface area contributed by atoms with Gasteiger partial charge in [-0.3, -0.25) is 4.79 Å². The van der Waals surface area contributed by atoms with E-state index in [0.29, 0.717) is 24.5 Å². The second-order valence-electron chi connectivity index (χ2n) is 7.10. The maximum Gasteiger partial charge on any atom is 0.226 e. The van der Waals surface area contributed by atoms with Gasteiger partial charge in [0.1, 0.15) is 5.82 Å². The first-order chi connectivity index (χ1) is 13.1. The lowest BCUT2D eigenvalue weighted by atomic mass is 10.0. The van der Waals surface area contributed by atoms with Gasteiger partial charge in [0.2, 0.25) is 5.91 Å². The summed E-state index contributed by atoms with van der Waals surface area (Å²) in [5.41, 5.74) is 2.74. The largest absolute Gasteiger partial charge is 0.390 e. The van der Waals surface area contributed by atoms with Crippen molar-refractivity contribution in [3.8, 4) is 0 Å². The first kappa shape index (κ1) is 18.0. The van der Waals surface area contributed by atoms with Crippen molar-refractivity contribution in [2.75, 3.05) is 6.54 Å². The Hall–Kier alpha value is -2.40. The number of carbonyl (C=O) groups excluding carboxylic acids is 1. The normalized spacial score (nSPS) is 18.7. The highest BCUT2D eigenvalue weighted by atomic mass is 35.5. The molecule has 1 fully saturated rings. The monoisotopic (exact) mass is 386 g/mol. The third kappa shape index (κ3) is 4.48. The van der Waals surface area contributed by atoms with Crippen LogP contribution >= 0.6 is 11.6 Å². The fourth-order valence-electron chi connectivity index (χ4n) is 3.22. The minimum Gasteiger partial charge on any atom is -0.390 e. The SMILES string of the molecule is O=C(C1CC1)N(Cc1ccc(F)cc1)C[C@@H]1CC(c2ccc(Cl)cc2)=NO1. The third-order valence-corrected chi connectivity index (χ3v) is 5.11. The molecule has 1 aliphatic heterocycles. The van der Waals surface area contributed by atoms with Gasteiger partial charge < -0.3 is 9.74 Å². The number of benzene rings is 2. The smallest absolute Gasteiger partial charge is 0.226 e. The third-order valence-electron chi connectivity index (χ3n) is 4.86. The van der Waals surface area contributed by atoms with Crippen LogP contribution in [0.3, 0.4) is 0 Å². The van der Waals surface area contributed by atoms with Crippen molar-refractivity contribution in [2.45, 2.75) is 31.9 Å². The van der Waals surface area contributed by atoms with Crippen LogP contribution in [-0.2, 0) is 16.2 Å². The molecule has 0 saturated heterocycles. The predicted octanol–water partition coefficient (Wildman–Crippen LogP) is 4.41. The zero-order valence-corrected chi connectivity index (χ0v) is 15.5. The summed E-state index contributed by atoms with van der Waals surface area (Å²) in [6.45, 7) is 0.916. The van der Waals surface area contributed by atoms with E-state index in [1.165, 1.54) is 12.1 Å². The first-order valence-electron chi connectivity index (χ1n) is 9.10. The minimum atomic E-state index is -0.279. The lowest BCUT2D eigenvalue weighted by Gasteiger charge is -2.25. The summed E-state index contributed by atoms with van der Waals surface area (Å²) < 4.78 is 13.2. The molecule has 1 atom stereocenters. The van der Waals surface area contributed by atoms with Gasteiger partial charge >= 0.3 is 0 Å². The van der Waals surface area contributed by atoms with Crippen molar-refractivity contribution in [2.24, 2.45) is 11.1 Å². The fraction of sp³-hybridized carbons (Fsp3) is 0.333. The van der Waals surface area contributed by atoms with Crippen LogP contribution in [0.1, 0.15) is 30.4 Å². The van der Waals surface area contributed by atoms with Crippen LogP contribution < -0.4 is 0 Å². The maximum absolute atomic E-state index is 13.2. The number of nitrogens with zero attached hydrogens (tertiary/aromatic N) is 2. The van der Waals surface area contributed by atoms with Crippen molar-refractivity contribution < 1.29 is 14.0 Å². The maximum atomic E-state index is 13.2. The summed E-state index contributed by atoms with van der Waals surface area (Å²) in [5, 5.41) is 4.87. The van der Waals surface area contributed by atoms with Gasteiger partial charge in [-0.25, -0.2) is 4.39 Å². The van der Waals surface area contributed by atoms with E-state index in [0.717, 1.165) is 29.7 Å². The molecule has 1 aliphatic carbocycles. The Morgan fingerprint density at radius 2 is 1.85 bits per heavy atom. The second kappa shape index (κ2) is 7.69. The van der Waals surface area contributed by atoms with Crippen LogP contribution in [0.2, 0.25) is 5.02 Å². The highest BCUT2D eigenvalue weighted by Crippen LogP contribution is 2.32. The molecular weight excluding hydrogens is 367 g/mol. The van der Waals surface area contributed by atoms with Crippen LogP contribution in [0.4, 0.5) is 4.39 Å². The number of hydrogen-bond donors (Lipinski definition) is 0. The average Bonchev–Trinajstić information content (AvgIpc) is 3.42. The zero-order valence-electron chi connectivity index (χ0n) is 14.8. The summed E-state index contributed by atoms with van der Waals surface area (Å²) in [6.07, 6.45) is 2.34. The number of oxime groups is 1. The minimum absolute atomic E-state index is 0.114. The molecule has 0 radical (unpaired) electrons. The van der Waals surface area contributed by atoms with Crippen molar-refractivity contribution in [1.29, 1.82) is 0 Å². The van der Waals surface area contributed by atoms with E-state index in [4.69, 9.17) is 16.4 Å². The second-order valence-corrected chi connectivity index (χ2v) is 7.53. The van der Waals surface area contributed by atoms with Gasteiger partial charge in [-0.2, -0.15) is 0 Å². The van der Waals surface area contributed by atoms with Gasteiger partial charge in [0, 0.05) is 23.9 Å². The van der Waals surface area contributed by atoms with E-state index in [9.17, 15) is 9.18 Å². The number of rotatable bonds is 6. The molecule has 4 nitrogen and oxygen atoms in total. The highest BCUT2D eigenvalue weighted by molar-refractivity contribution is 6.30. The summed E-state index contributed by atoms with van der Waals surface area (Å²) in [7, 11) is 0. The first-order valence-corrected chi connectivity index (χ1v) is 9.48. The quantitative estimate of drug-likeness (QED) is 0.737. The standard InChI is InChI=1S/C21H20ClFN2O2/c22-17-7-5-15(6-8-17)20-11-19(27-24-20)13-25(21(26)16-3-4-16)12-14-1-9-18(23)10-2-14/h1-2,5-10,16,19H,3-4,11-13H2/t19-/m0/s1. The number of carbonyl (C=O) groups is 1. The van der Waals surface area contributed by atoms with Gasteiger partial charge in [-0.15, -0.1) is 0 Å². The summed E-state index contributed by atoms with van der Waals surface area (Å²) in [6, 6.07) is 13.7. The fourth-order valence-corrected chi connectivity index (χ4v) is 3.34. The Balaban J connectivity index is 1.42. The molecule has 27 heavy (non-hydrogen) atoms. The molecule has 2 aromatic rings. The van der Waals surface area contributed by atoms with Crippen molar-refractivity contribution in [1.82, 2.24) is 4.90 Å². The molecule has 0 spiro atoms. The van der Waals surface area contributed by atoms with Crippen LogP contribution in [-0.4, -0.2) is 29.2 Å². The number of halogens is 2. The van der Waals surface area contributed by atoms with Crippen LogP contribution in [0, 0.1) is 11.7 Å². The van der Waals surface area contributed by atoms with Crippen molar-refractivity contribution in [3.05, 3.63) is 70.5 Å². The Kier molecular flexibility index (Phi) is 5.12. The van der Waals surface area contributed by atoms with E-state index in [1.54, 1.807) is 12.1 Å². The molecule has 0 aromatic heterocycles. The summed E-state index contributed by atoms with van der Waals surface area (Å²) in [5.74, 6) is -0.0228. The lowest BCUT2D eigenvalue weighted by molar-refractivity contribution is -0.135. The van der Waals surface area contributed by atoms with Crippen LogP contribution in [0.15, 0.2) is 53.7 Å². The van der Waals surface area contributed by atoms with Crippen molar-refractivity contribution >= 4 is 23.2 Å². The van der Waals surface area contributed by atoms with Crippen LogP contribution in [0.5, 0.6) is 0 Å². The topological polar surface area (TPSA) is 41.9 Å². The number of amides is 1. The molecule has 2 aliphatic rings. The van der Waals surface area contributed by atoms with Crippen LogP contribution in [0.25, 0.3) is 0 Å². The van der Waals surface area contributed by atoms with Gasteiger partial charge in [-0.1, -0.05) is 41.0 Å². The Morgan fingerprint density at radius 1 is 1.15 bits per heavy atom. The average molecular weight is 387 g/mol. The van der Waals surface area contributed by atoms with E-state index in [1.807, 2.05) is 29.2 Å². The van der Waals surface area contributed by atoms with Gasteiger partial charge in [0.25, 0.3) is 0 Å². The molecule has 1 saturated carbocycles. The molecule has 1 amide bonds. The molecule has 0 bridgehead atoms. The van der Waals surface area contributed by atoms with Gasteiger partial charge in [0.05, 0.1) is 12.3 Å². The molecule has 6 heteroatoms. The van der Waals surface area contributed by atoms with Gasteiger partial charge in [-0.05, 0) is 48.2 Å². The Labute approximate surface area is 162 Å². The summed E-state index contributed by atoms with van der Waals surface area (Å²) >= 11 is 5.93. The molecule has 140 valence electrons. The van der Waals surface area contributed by atoms with Gasteiger partial charge in [0.15, 0.2) is 6.10 Å². The highest BCUT2D eigenvalue weighted by Gasteiger charge is 2.35. The van der Waals surface area contributed by atoms with Crippen molar-refractivity contribution in [3.63, 3.8) is 0 Å². The summed E-state index contributed by atoms with van der Waals surface area (Å²) in [4.78, 5) is 20.1. The Morgan fingerprint density at radius 3 is 2.52 bits per heavy atom. The van der Waals surface area contributed by atoms with E-state index < -0.39 is 0 Å². The number of hydrogen-bond acceptors (Lipinski definition) is 3. The predicted molar refractivity (Wildman–Crippen MR) is 102 cm³/mol. The molecular formula is C21H20ClFN2O2. The molecule has 2 aromatic carbocycles. The van der Waals surface area contributed by atoms with E-state index in [-0.39, 0.29) is 23.7 Å².